The number of ketones is 1. The minimum Gasteiger partial charge on any atom is -0.395 e. The number of hydrogen-bond donors (Lipinski definition) is 1. The first-order valence-corrected chi connectivity index (χ1v) is 5.15. The fraction of sp³-hybridized carbons (Fsp3) is 0.417. The summed E-state index contributed by atoms with van der Waals surface area (Å²) in [6.45, 7) is 5.12. The highest BCUT2D eigenvalue weighted by molar-refractivity contribution is 5.94. The Balaban J connectivity index is 2.92. The molecule has 0 saturated heterocycles. The normalized spacial score (nSPS) is 10.1. The van der Waals surface area contributed by atoms with E-state index in [0.29, 0.717) is 12.1 Å². The van der Waals surface area contributed by atoms with Crippen LogP contribution in [-0.2, 0) is 0 Å². The van der Waals surface area contributed by atoms with Crippen molar-refractivity contribution in [3.8, 4) is 0 Å². The topological polar surface area (TPSA) is 40.5 Å². The van der Waals surface area contributed by atoms with Gasteiger partial charge in [0.15, 0.2) is 5.78 Å². The average Bonchev–Trinajstić information content (AvgIpc) is 2.26. The molecule has 0 saturated carbocycles. The minimum atomic E-state index is 0.0666. The Hall–Kier alpha value is -1.35. The monoisotopic (exact) mass is 207 g/mol. The van der Waals surface area contributed by atoms with Crippen LogP contribution in [0.15, 0.2) is 24.3 Å². The van der Waals surface area contributed by atoms with Gasteiger partial charge in [-0.3, -0.25) is 4.79 Å². The SMILES string of the molecule is CCN(CCO)c1cccc(C(C)=O)c1. The van der Waals surface area contributed by atoms with E-state index in [1.165, 1.54) is 0 Å². The van der Waals surface area contributed by atoms with Gasteiger partial charge in [-0.15, -0.1) is 0 Å². The minimum absolute atomic E-state index is 0.0666. The second-order valence-electron chi connectivity index (χ2n) is 3.41. The summed E-state index contributed by atoms with van der Waals surface area (Å²) >= 11 is 0. The van der Waals surface area contributed by atoms with Crippen LogP contribution in [0.3, 0.4) is 0 Å². The smallest absolute Gasteiger partial charge is 0.159 e. The quantitative estimate of drug-likeness (QED) is 0.747. The van der Waals surface area contributed by atoms with Crippen LogP contribution < -0.4 is 4.90 Å². The van der Waals surface area contributed by atoms with Crippen molar-refractivity contribution in [3.05, 3.63) is 29.8 Å². The molecule has 0 aliphatic heterocycles. The van der Waals surface area contributed by atoms with Crippen LogP contribution in [0.25, 0.3) is 0 Å². The van der Waals surface area contributed by atoms with Crippen LogP contribution in [0.2, 0.25) is 0 Å². The van der Waals surface area contributed by atoms with Crippen LogP contribution in [-0.4, -0.2) is 30.6 Å². The maximum atomic E-state index is 11.2. The zero-order valence-electron chi connectivity index (χ0n) is 9.23. The van der Waals surface area contributed by atoms with Gasteiger partial charge in [0.1, 0.15) is 0 Å². The third-order valence-electron chi connectivity index (χ3n) is 2.37. The average molecular weight is 207 g/mol. The van der Waals surface area contributed by atoms with Crippen molar-refractivity contribution in [1.29, 1.82) is 0 Å². The molecule has 15 heavy (non-hydrogen) atoms. The molecule has 0 radical (unpaired) electrons. The Morgan fingerprint density at radius 2 is 2.20 bits per heavy atom. The number of carbonyl (C=O) groups excluding carboxylic acids is 1. The number of aliphatic hydroxyl groups is 1. The van der Waals surface area contributed by atoms with Crippen molar-refractivity contribution >= 4 is 11.5 Å². The highest BCUT2D eigenvalue weighted by Crippen LogP contribution is 2.16. The molecule has 0 bridgehead atoms. The molecule has 0 fully saturated rings. The predicted octanol–water partition coefficient (Wildman–Crippen LogP) is 1.71. The van der Waals surface area contributed by atoms with E-state index in [-0.39, 0.29) is 12.4 Å². The van der Waals surface area contributed by atoms with Crippen LogP contribution in [0.1, 0.15) is 24.2 Å². The molecule has 82 valence electrons. The van der Waals surface area contributed by atoms with Gasteiger partial charge in [-0.05, 0) is 26.0 Å². The van der Waals surface area contributed by atoms with Crippen molar-refractivity contribution < 1.29 is 9.90 Å². The molecule has 0 amide bonds. The number of Topliss-reactive ketones (excluding diaryl/α,β-unsaturated/α-hetero) is 1. The number of aliphatic hydroxyl groups excluding tert-OH is 1. The summed E-state index contributed by atoms with van der Waals surface area (Å²) in [7, 11) is 0. The predicted molar refractivity (Wildman–Crippen MR) is 61.4 cm³/mol. The molecule has 1 rings (SSSR count). The molecule has 0 heterocycles. The van der Waals surface area contributed by atoms with Crippen molar-refractivity contribution in [1.82, 2.24) is 0 Å². The van der Waals surface area contributed by atoms with E-state index in [9.17, 15) is 4.79 Å². The zero-order chi connectivity index (χ0) is 11.3. The molecule has 0 atom stereocenters. The lowest BCUT2D eigenvalue weighted by molar-refractivity contribution is 0.101. The van der Waals surface area contributed by atoms with Crippen molar-refractivity contribution in [3.63, 3.8) is 0 Å². The Morgan fingerprint density at radius 3 is 2.73 bits per heavy atom. The molecular formula is C12H17NO2. The standard InChI is InChI=1S/C12H17NO2/c1-3-13(7-8-14)12-6-4-5-11(9-12)10(2)15/h4-6,9,14H,3,7-8H2,1-2H3. The van der Waals surface area contributed by atoms with E-state index in [1.807, 2.05) is 30.0 Å². The summed E-state index contributed by atoms with van der Waals surface area (Å²) in [5.74, 6) is 0.0666. The number of hydrogen-bond acceptors (Lipinski definition) is 3. The van der Waals surface area contributed by atoms with Crippen molar-refractivity contribution in [2.75, 3.05) is 24.6 Å². The summed E-state index contributed by atoms with van der Waals surface area (Å²) in [5.41, 5.74) is 1.70. The number of anilines is 1. The number of rotatable bonds is 5. The second kappa shape index (κ2) is 5.51. The molecular weight excluding hydrogens is 190 g/mol. The fourth-order valence-electron chi connectivity index (χ4n) is 1.51. The van der Waals surface area contributed by atoms with E-state index in [0.717, 1.165) is 12.2 Å². The van der Waals surface area contributed by atoms with Gasteiger partial charge in [0, 0.05) is 24.3 Å². The molecule has 0 unspecified atom stereocenters. The van der Waals surface area contributed by atoms with E-state index in [1.54, 1.807) is 13.0 Å². The Morgan fingerprint density at radius 1 is 1.47 bits per heavy atom. The van der Waals surface area contributed by atoms with Crippen LogP contribution >= 0.6 is 0 Å². The lowest BCUT2D eigenvalue weighted by Gasteiger charge is -2.22. The molecule has 3 heteroatoms. The molecule has 1 aromatic rings. The first-order valence-electron chi connectivity index (χ1n) is 5.15. The third-order valence-corrected chi connectivity index (χ3v) is 2.37. The van der Waals surface area contributed by atoms with Crippen LogP contribution in [0.5, 0.6) is 0 Å². The van der Waals surface area contributed by atoms with Gasteiger partial charge < -0.3 is 10.0 Å². The van der Waals surface area contributed by atoms with Gasteiger partial charge in [-0.1, -0.05) is 12.1 Å². The second-order valence-corrected chi connectivity index (χ2v) is 3.41. The lowest BCUT2D eigenvalue weighted by atomic mass is 10.1. The molecule has 0 aromatic heterocycles. The Labute approximate surface area is 90.3 Å². The summed E-state index contributed by atoms with van der Waals surface area (Å²) < 4.78 is 0. The van der Waals surface area contributed by atoms with Crippen molar-refractivity contribution in [2.24, 2.45) is 0 Å². The summed E-state index contributed by atoms with van der Waals surface area (Å²) in [6.07, 6.45) is 0. The maximum absolute atomic E-state index is 11.2. The molecule has 0 spiro atoms. The molecule has 3 nitrogen and oxygen atoms in total. The van der Waals surface area contributed by atoms with Crippen LogP contribution in [0.4, 0.5) is 5.69 Å². The van der Waals surface area contributed by atoms with Gasteiger partial charge >= 0.3 is 0 Å². The number of carbonyl (C=O) groups is 1. The molecule has 0 aliphatic carbocycles. The highest BCUT2D eigenvalue weighted by atomic mass is 16.3. The largest absolute Gasteiger partial charge is 0.395 e. The Bertz CT molecular complexity index is 336. The van der Waals surface area contributed by atoms with E-state index in [2.05, 4.69) is 0 Å². The molecule has 0 aliphatic rings. The lowest BCUT2D eigenvalue weighted by Crippen LogP contribution is -2.26. The fourth-order valence-corrected chi connectivity index (χ4v) is 1.51. The molecule has 1 N–H and O–H groups in total. The number of likely N-dealkylation sites (N-methyl/N-ethyl adjacent to an activating group) is 1. The van der Waals surface area contributed by atoms with E-state index in [4.69, 9.17) is 5.11 Å². The van der Waals surface area contributed by atoms with E-state index < -0.39 is 0 Å². The van der Waals surface area contributed by atoms with Crippen LogP contribution in [0, 0.1) is 0 Å². The summed E-state index contributed by atoms with van der Waals surface area (Å²) in [6, 6.07) is 7.48. The first-order chi connectivity index (χ1) is 7.19. The summed E-state index contributed by atoms with van der Waals surface area (Å²) in [4.78, 5) is 13.2. The Kier molecular flexibility index (Phi) is 4.31. The van der Waals surface area contributed by atoms with Gasteiger partial charge in [0.2, 0.25) is 0 Å². The summed E-state index contributed by atoms with van der Waals surface area (Å²) in [5, 5.41) is 8.90. The first kappa shape index (κ1) is 11.7. The number of nitrogens with zero attached hydrogens (tertiary/aromatic N) is 1. The van der Waals surface area contributed by atoms with E-state index >= 15 is 0 Å². The maximum Gasteiger partial charge on any atom is 0.159 e. The van der Waals surface area contributed by atoms with Crippen molar-refractivity contribution in [2.45, 2.75) is 13.8 Å². The highest BCUT2D eigenvalue weighted by Gasteiger charge is 2.05. The van der Waals surface area contributed by atoms with Gasteiger partial charge in [0.05, 0.1) is 6.61 Å². The van der Waals surface area contributed by atoms with Gasteiger partial charge in [-0.2, -0.15) is 0 Å². The number of benzene rings is 1. The van der Waals surface area contributed by atoms with Gasteiger partial charge in [0.25, 0.3) is 0 Å². The third kappa shape index (κ3) is 3.06. The van der Waals surface area contributed by atoms with Gasteiger partial charge in [-0.25, -0.2) is 0 Å². The molecule has 1 aromatic carbocycles. The zero-order valence-corrected chi connectivity index (χ0v) is 9.23.